The van der Waals surface area contributed by atoms with Gasteiger partial charge in [0.05, 0.1) is 6.10 Å². The summed E-state index contributed by atoms with van der Waals surface area (Å²) in [5.74, 6) is -0.197. The summed E-state index contributed by atoms with van der Waals surface area (Å²) >= 11 is 0. The third-order valence-corrected chi connectivity index (χ3v) is 2.72. The Morgan fingerprint density at radius 1 is 1.12 bits per heavy atom. The van der Waals surface area contributed by atoms with Crippen molar-refractivity contribution < 1.29 is 9.50 Å². The Labute approximate surface area is 103 Å². The molecule has 0 saturated heterocycles. The van der Waals surface area contributed by atoms with Crippen molar-refractivity contribution in [2.45, 2.75) is 51.8 Å². The molecule has 3 unspecified atom stereocenters. The SMILES string of the molecule is CC(O)CC(C)NC(C)Cc1ccc(F)cc1. The predicted octanol–water partition coefficient (Wildman–Crippen LogP) is 2.51. The van der Waals surface area contributed by atoms with Crippen molar-refractivity contribution >= 4 is 0 Å². The third kappa shape index (κ3) is 5.80. The van der Waals surface area contributed by atoms with Gasteiger partial charge >= 0.3 is 0 Å². The Balaban J connectivity index is 2.38. The van der Waals surface area contributed by atoms with E-state index < -0.39 is 0 Å². The molecule has 1 aromatic carbocycles. The van der Waals surface area contributed by atoms with Crippen LogP contribution in [0.3, 0.4) is 0 Å². The molecule has 3 atom stereocenters. The minimum Gasteiger partial charge on any atom is -0.393 e. The first kappa shape index (κ1) is 14.1. The van der Waals surface area contributed by atoms with Gasteiger partial charge in [0.1, 0.15) is 5.82 Å². The molecule has 0 aliphatic heterocycles. The van der Waals surface area contributed by atoms with Crippen LogP contribution in [-0.4, -0.2) is 23.3 Å². The molecule has 0 aromatic heterocycles. The molecule has 2 N–H and O–H groups in total. The van der Waals surface area contributed by atoms with Crippen LogP contribution in [0.25, 0.3) is 0 Å². The molecule has 0 saturated carbocycles. The second kappa shape index (κ2) is 6.72. The van der Waals surface area contributed by atoms with Crippen molar-refractivity contribution in [3.05, 3.63) is 35.6 Å². The first-order valence-corrected chi connectivity index (χ1v) is 6.16. The van der Waals surface area contributed by atoms with Crippen molar-refractivity contribution in [2.24, 2.45) is 0 Å². The Morgan fingerprint density at radius 3 is 2.24 bits per heavy atom. The van der Waals surface area contributed by atoms with Gasteiger partial charge in [0, 0.05) is 12.1 Å². The second-order valence-electron chi connectivity index (χ2n) is 4.88. The van der Waals surface area contributed by atoms with Gasteiger partial charge < -0.3 is 10.4 Å². The zero-order chi connectivity index (χ0) is 12.8. The molecule has 2 nitrogen and oxygen atoms in total. The summed E-state index contributed by atoms with van der Waals surface area (Å²) in [5.41, 5.74) is 1.12. The molecule has 0 aliphatic carbocycles. The molecular weight excluding hydrogens is 217 g/mol. The molecule has 0 amide bonds. The van der Waals surface area contributed by atoms with Gasteiger partial charge in [-0.15, -0.1) is 0 Å². The highest BCUT2D eigenvalue weighted by Crippen LogP contribution is 2.07. The van der Waals surface area contributed by atoms with E-state index in [1.54, 1.807) is 6.92 Å². The number of halogens is 1. The minimum absolute atomic E-state index is 0.197. The van der Waals surface area contributed by atoms with E-state index >= 15 is 0 Å². The van der Waals surface area contributed by atoms with Gasteiger partial charge in [0.15, 0.2) is 0 Å². The fourth-order valence-electron chi connectivity index (χ4n) is 2.10. The average molecular weight is 239 g/mol. The van der Waals surface area contributed by atoms with Crippen molar-refractivity contribution in [3.8, 4) is 0 Å². The van der Waals surface area contributed by atoms with Crippen LogP contribution in [0, 0.1) is 5.82 Å². The first-order valence-electron chi connectivity index (χ1n) is 6.16. The lowest BCUT2D eigenvalue weighted by molar-refractivity contribution is 0.168. The van der Waals surface area contributed by atoms with Crippen LogP contribution >= 0.6 is 0 Å². The highest BCUT2D eigenvalue weighted by molar-refractivity contribution is 5.17. The largest absolute Gasteiger partial charge is 0.393 e. The van der Waals surface area contributed by atoms with Gasteiger partial charge in [0.2, 0.25) is 0 Å². The monoisotopic (exact) mass is 239 g/mol. The number of hydrogen-bond acceptors (Lipinski definition) is 2. The first-order chi connectivity index (χ1) is 7.97. The summed E-state index contributed by atoms with van der Waals surface area (Å²) < 4.78 is 12.7. The van der Waals surface area contributed by atoms with Crippen molar-refractivity contribution in [2.75, 3.05) is 0 Å². The number of benzene rings is 1. The smallest absolute Gasteiger partial charge is 0.123 e. The van der Waals surface area contributed by atoms with Crippen LogP contribution in [0.15, 0.2) is 24.3 Å². The summed E-state index contributed by atoms with van der Waals surface area (Å²) in [6, 6.07) is 7.20. The molecule has 0 bridgehead atoms. The van der Waals surface area contributed by atoms with E-state index in [1.165, 1.54) is 12.1 Å². The quantitative estimate of drug-likeness (QED) is 0.799. The van der Waals surface area contributed by atoms with E-state index in [4.69, 9.17) is 0 Å². The molecule has 1 aromatic rings. The third-order valence-electron chi connectivity index (χ3n) is 2.72. The van der Waals surface area contributed by atoms with Gasteiger partial charge in [-0.1, -0.05) is 12.1 Å². The van der Waals surface area contributed by atoms with E-state index in [0.717, 1.165) is 18.4 Å². The summed E-state index contributed by atoms with van der Waals surface area (Å²) in [6.45, 7) is 5.96. The Kier molecular flexibility index (Phi) is 5.59. The van der Waals surface area contributed by atoms with E-state index in [-0.39, 0.29) is 18.0 Å². The zero-order valence-electron chi connectivity index (χ0n) is 10.8. The van der Waals surface area contributed by atoms with Crippen LogP contribution < -0.4 is 5.32 Å². The minimum atomic E-state index is -0.282. The van der Waals surface area contributed by atoms with Crippen molar-refractivity contribution in [1.29, 1.82) is 0 Å². The molecule has 0 radical (unpaired) electrons. The lowest BCUT2D eigenvalue weighted by atomic mass is 10.1. The second-order valence-corrected chi connectivity index (χ2v) is 4.88. The summed E-state index contributed by atoms with van der Waals surface area (Å²) in [6.07, 6.45) is 1.33. The Hall–Kier alpha value is -0.930. The maximum atomic E-state index is 12.7. The highest BCUT2D eigenvalue weighted by Gasteiger charge is 2.10. The maximum Gasteiger partial charge on any atom is 0.123 e. The van der Waals surface area contributed by atoms with E-state index in [9.17, 15) is 9.50 Å². The van der Waals surface area contributed by atoms with Crippen LogP contribution in [0.4, 0.5) is 4.39 Å². The van der Waals surface area contributed by atoms with Gasteiger partial charge in [-0.25, -0.2) is 4.39 Å². The maximum absolute atomic E-state index is 12.7. The molecule has 1 rings (SSSR count). The Morgan fingerprint density at radius 2 is 1.71 bits per heavy atom. The fourth-order valence-corrected chi connectivity index (χ4v) is 2.10. The molecule has 17 heavy (non-hydrogen) atoms. The number of hydrogen-bond donors (Lipinski definition) is 2. The van der Waals surface area contributed by atoms with Crippen molar-refractivity contribution in [3.63, 3.8) is 0 Å². The number of aliphatic hydroxyl groups is 1. The summed E-state index contributed by atoms with van der Waals surface area (Å²) in [5, 5.41) is 12.7. The van der Waals surface area contributed by atoms with Gasteiger partial charge in [0.25, 0.3) is 0 Å². The molecule has 0 fully saturated rings. The van der Waals surface area contributed by atoms with E-state index in [2.05, 4.69) is 19.2 Å². The lowest BCUT2D eigenvalue weighted by Crippen LogP contribution is -2.37. The molecule has 0 spiro atoms. The lowest BCUT2D eigenvalue weighted by Gasteiger charge is -2.21. The van der Waals surface area contributed by atoms with Crippen LogP contribution in [0.1, 0.15) is 32.8 Å². The molecule has 96 valence electrons. The van der Waals surface area contributed by atoms with Crippen molar-refractivity contribution in [1.82, 2.24) is 5.32 Å². The fraction of sp³-hybridized carbons (Fsp3) is 0.571. The average Bonchev–Trinajstić information content (AvgIpc) is 2.19. The number of rotatable bonds is 6. The predicted molar refractivity (Wildman–Crippen MR) is 68.5 cm³/mol. The summed E-state index contributed by atoms with van der Waals surface area (Å²) in [4.78, 5) is 0. The van der Waals surface area contributed by atoms with Gasteiger partial charge in [-0.3, -0.25) is 0 Å². The van der Waals surface area contributed by atoms with Gasteiger partial charge in [-0.2, -0.15) is 0 Å². The number of aliphatic hydroxyl groups excluding tert-OH is 1. The summed E-state index contributed by atoms with van der Waals surface area (Å²) in [7, 11) is 0. The van der Waals surface area contributed by atoms with Gasteiger partial charge in [-0.05, 0) is 51.3 Å². The normalized spacial score (nSPS) is 16.5. The molecule has 0 heterocycles. The van der Waals surface area contributed by atoms with Crippen LogP contribution in [0.2, 0.25) is 0 Å². The Bertz CT molecular complexity index is 323. The molecule has 3 heteroatoms. The number of nitrogens with one attached hydrogen (secondary N) is 1. The zero-order valence-corrected chi connectivity index (χ0v) is 10.8. The topological polar surface area (TPSA) is 32.3 Å². The van der Waals surface area contributed by atoms with Crippen LogP contribution in [-0.2, 0) is 6.42 Å². The standard InChI is InChI=1S/C14H22FNO/c1-10(8-12(3)17)16-11(2)9-13-4-6-14(15)7-5-13/h4-7,10-12,16-17H,8-9H2,1-3H3. The molecular formula is C14H22FNO. The highest BCUT2D eigenvalue weighted by atomic mass is 19.1. The molecule has 0 aliphatic rings. The van der Waals surface area contributed by atoms with E-state index in [1.807, 2.05) is 12.1 Å². The van der Waals surface area contributed by atoms with Crippen LogP contribution in [0.5, 0.6) is 0 Å². The van der Waals surface area contributed by atoms with E-state index in [0.29, 0.717) is 6.04 Å².